The monoisotopic (exact) mass is 316 g/mol. The molecule has 1 aliphatic heterocycles. The molecule has 2 N–H and O–H groups in total. The number of carbonyl (C=O) groups excluding carboxylic acids is 1. The molecule has 1 fully saturated rings. The van der Waals surface area contributed by atoms with Crippen LogP contribution in [0.2, 0.25) is 5.02 Å². The normalized spacial score (nSPS) is 17.2. The van der Waals surface area contributed by atoms with Gasteiger partial charge in [-0.1, -0.05) is 11.6 Å². The molecule has 0 spiro atoms. The Morgan fingerprint density at radius 3 is 2.40 bits per heavy atom. The molecule has 0 aromatic heterocycles. The van der Waals surface area contributed by atoms with Gasteiger partial charge in [0.15, 0.2) is 9.84 Å². The highest BCUT2D eigenvalue weighted by Crippen LogP contribution is 2.31. The molecule has 1 aliphatic rings. The van der Waals surface area contributed by atoms with Crippen LogP contribution in [0.25, 0.3) is 0 Å². The first-order valence-electron chi connectivity index (χ1n) is 6.33. The van der Waals surface area contributed by atoms with E-state index in [4.69, 9.17) is 17.3 Å². The number of carbonyl (C=O) groups is 1. The van der Waals surface area contributed by atoms with Gasteiger partial charge in [-0.2, -0.15) is 0 Å². The van der Waals surface area contributed by atoms with Gasteiger partial charge in [-0.3, -0.25) is 4.79 Å². The van der Waals surface area contributed by atoms with Crippen molar-refractivity contribution in [2.24, 2.45) is 11.7 Å². The van der Waals surface area contributed by atoms with Crippen LogP contribution in [0.5, 0.6) is 0 Å². The van der Waals surface area contributed by atoms with Crippen LogP contribution in [0.15, 0.2) is 23.1 Å². The molecule has 1 heterocycles. The van der Waals surface area contributed by atoms with Crippen LogP contribution in [0.1, 0.15) is 12.8 Å². The van der Waals surface area contributed by atoms with E-state index in [-0.39, 0.29) is 16.7 Å². The standard InChI is InChI=1S/C13H17ClN2O3S/c1-20(18,19)10-2-3-12(11(14)8-10)16-6-4-9(5-7-16)13(15)17/h2-3,8-9H,4-7H2,1H3,(H2,15,17). The predicted octanol–water partition coefficient (Wildman–Crippen LogP) is 1.45. The van der Waals surface area contributed by atoms with Crippen LogP contribution >= 0.6 is 11.6 Å². The number of amides is 1. The van der Waals surface area contributed by atoms with Crippen molar-refractivity contribution in [3.63, 3.8) is 0 Å². The molecule has 7 heteroatoms. The third kappa shape index (κ3) is 3.24. The number of sulfone groups is 1. The largest absolute Gasteiger partial charge is 0.370 e. The summed E-state index contributed by atoms with van der Waals surface area (Å²) in [6.07, 6.45) is 2.54. The fraction of sp³-hybridized carbons (Fsp3) is 0.462. The zero-order valence-electron chi connectivity index (χ0n) is 11.2. The Morgan fingerprint density at radius 1 is 1.35 bits per heavy atom. The predicted molar refractivity (Wildman–Crippen MR) is 78.7 cm³/mol. The molecule has 0 aliphatic carbocycles. The average Bonchev–Trinajstić information content (AvgIpc) is 2.37. The highest BCUT2D eigenvalue weighted by atomic mass is 35.5. The van der Waals surface area contributed by atoms with Gasteiger partial charge in [-0.05, 0) is 31.0 Å². The van der Waals surface area contributed by atoms with Gasteiger partial charge in [0.25, 0.3) is 0 Å². The highest BCUT2D eigenvalue weighted by molar-refractivity contribution is 7.90. The lowest BCUT2D eigenvalue weighted by Gasteiger charge is -2.33. The number of nitrogens with zero attached hydrogens (tertiary/aromatic N) is 1. The lowest BCUT2D eigenvalue weighted by atomic mass is 9.96. The van der Waals surface area contributed by atoms with Crippen LogP contribution in [0.3, 0.4) is 0 Å². The Labute approximate surface area is 123 Å². The molecule has 0 radical (unpaired) electrons. The number of piperidine rings is 1. The van der Waals surface area contributed by atoms with Gasteiger partial charge in [-0.15, -0.1) is 0 Å². The molecule has 0 saturated carbocycles. The van der Waals surface area contributed by atoms with Crippen molar-refractivity contribution < 1.29 is 13.2 Å². The van der Waals surface area contributed by atoms with Gasteiger partial charge in [0.1, 0.15) is 0 Å². The Hall–Kier alpha value is -1.27. The topological polar surface area (TPSA) is 80.5 Å². The fourth-order valence-electron chi connectivity index (χ4n) is 2.38. The summed E-state index contributed by atoms with van der Waals surface area (Å²) < 4.78 is 22.9. The van der Waals surface area contributed by atoms with Crippen molar-refractivity contribution in [3.8, 4) is 0 Å². The smallest absolute Gasteiger partial charge is 0.220 e. The quantitative estimate of drug-likeness (QED) is 0.915. The fourth-order valence-corrected chi connectivity index (χ4v) is 3.39. The van der Waals surface area contributed by atoms with Gasteiger partial charge in [-0.25, -0.2) is 8.42 Å². The first-order valence-corrected chi connectivity index (χ1v) is 8.60. The number of hydrogen-bond donors (Lipinski definition) is 1. The summed E-state index contributed by atoms with van der Waals surface area (Å²) in [7, 11) is -3.26. The van der Waals surface area contributed by atoms with Gasteiger partial charge in [0, 0.05) is 25.3 Å². The van der Waals surface area contributed by atoms with Crippen molar-refractivity contribution in [3.05, 3.63) is 23.2 Å². The highest BCUT2D eigenvalue weighted by Gasteiger charge is 2.24. The van der Waals surface area contributed by atoms with Crippen molar-refractivity contribution >= 4 is 33.0 Å². The summed E-state index contributed by atoms with van der Waals surface area (Å²) in [5.74, 6) is -0.344. The minimum absolute atomic E-state index is 0.0830. The van der Waals surface area contributed by atoms with E-state index in [0.29, 0.717) is 31.0 Å². The summed E-state index contributed by atoms with van der Waals surface area (Å²) in [4.78, 5) is 13.4. The summed E-state index contributed by atoms with van der Waals surface area (Å²) >= 11 is 6.17. The first kappa shape index (κ1) is 15.1. The number of anilines is 1. The first-order chi connectivity index (χ1) is 9.29. The third-order valence-electron chi connectivity index (χ3n) is 3.59. The number of hydrogen-bond acceptors (Lipinski definition) is 4. The minimum atomic E-state index is -3.26. The average molecular weight is 317 g/mol. The van der Waals surface area contributed by atoms with E-state index in [2.05, 4.69) is 0 Å². The van der Waals surface area contributed by atoms with Crippen LogP contribution in [0.4, 0.5) is 5.69 Å². The van der Waals surface area contributed by atoms with E-state index in [1.165, 1.54) is 6.07 Å². The number of primary amides is 1. The molecule has 1 aromatic rings. The van der Waals surface area contributed by atoms with Gasteiger partial charge < -0.3 is 10.6 Å². The maximum atomic E-state index is 11.5. The van der Waals surface area contributed by atoms with Crippen molar-refractivity contribution in [2.45, 2.75) is 17.7 Å². The summed E-state index contributed by atoms with van der Waals surface area (Å²) in [5, 5.41) is 0.408. The number of rotatable bonds is 3. The molecule has 1 saturated heterocycles. The summed E-state index contributed by atoms with van der Waals surface area (Å²) in [6.45, 7) is 1.37. The van der Waals surface area contributed by atoms with Crippen LogP contribution in [0, 0.1) is 5.92 Å². The van der Waals surface area contributed by atoms with Crippen molar-refractivity contribution in [1.82, 2.24) is 0 Å². The van der Waals surface area contributed by atoms with Crippen LogP contribution < -0.4 is 10.6 Å². The van der Waals surface area contributed by atoms with E-state index >= 15 is 0 Å². The zero-order valence-corrected chi connectivity index (χ0v) is 12.7. The second-order valence-electron chi connectivity index (χ2n) is 5.05. The molecule has 110 valence electrons. The third-order valence-corrected chi connectivity index (χ3v) is 5.00. The number of benzene rings is 1. The van der Waals surface area contributed by atoms with Crippen LogP contribution in [-0.4, -0.2) is 33.7 Å². The maximum absolute atomic E-state index is 11.5. The number of nitrogens with two attached hydrogens (primary N) is 1. The Balaban J connectivity index is 2.17. The van der Waals surface area contributed by atoms with E-state index < -0.39 is 9.84 Å². The van der Waals surface area contributed by atoms with Gasteiger partial charge in [0.2, 0.25) is 5.91 Å². The minimum Gasteiger partial charge on any atom is -0.370 e. The Kier molecular flexibility index (Phi) is 4.25. The Bertz CT molecular complexity index is 623. The van der Waals surface area contributed by atoms with Crippen molar-refractivity contribution in [1.29, 1.82) is 0 Å². The molecule has 0 bridgehead atoms. The summed E-state index contributed by atoms with van der Waals surface area (Å²) in [6, 6.07) is 4.73. The molecule has 2 rings (SSSR count). The van der Waals surface area contributed by atoms with E-state index in [0.717, 1.165) is 11.9 Å². The number of halogens is 1. The molecule has 0 atom stereocenters. The SMILES string of the molecule is CS(=O)(=O)c1ccc(N2CCC(C(N)=O)CC2)c(Cl)c1. The van der Waals surface area contributed by atoms with E-state index in [1.807, 2.05) is 4.90 Å². The second kappa shape index (κ2) is 5.61. The zero-order chi connectivity index (χ0) is 14.9. The van der Waals surface area contributed by atoms with Gasteiger partial charge in [0.05, 0.1) is 15.6 Å². The maximum Gasteiger partial charge on any atom is 0.220 e. The molecule has 20 heavy (non-hydrogen) atoms. The van der Waals surface area contributed by atoms with E-state index in [1.54, 1.807) is 12.1 Å². The lowest BCUT2D eigenvalue weighted by Crippen LogP contribution is -2.38. The molecule has 5 nitrogen and oxygen atoms in total. The molecular formula is C13H17ClN2O3S. The second-order valence-corrected chi connectivity index (χ2v) is 7.47. The van der Waals surface area contributed by atoms with Crippen LogP contribution in [-0.2, 0) is 14.6 Å². The van der Waals surface area contributed by atoms with E-state index in [9.17, 15) is 13.2 Å². The molecule has 0 unspecified atom stereocenters. The van der Waals surface area contributed by atoms with Crippen molar-refractivity contribution in [2.75, 3.05) is 24.2 Å². The lowest BCUT2D eigenvalue weighted by molar-refractivity contribution is -0.122. The van der Waals surface area contributed by atoms with Gasteiger partial charge >= 0.3 is 0 Å². The molecule has 1 aromatic carbocycles. The molecule has 1 amide bonds. The molecular weight excluding hydrogens is 300 g/mol. The summed E-state index contributed by atoms with van der Waals surface area (Å²) in [5.41, 5.74) is 6.09. The Morgan fingerprint density at radius 2 is 1.95 bits per heavy atom.